The van der Waals surface area contributed by atoms with Crippen molar-refractivity contribution in [2.75, 3.05) is 13.2 Å². The van der Waals surface area contributed by atoms with Crippen LogP contribution in [0.15, 0.2) is 23.1 Å². The van der Waals surface area contributed by atoms with Crippen molar-refractivity contribution in [2.24, 2.45) is 0 Å². The summed E-state index contributed by atoms with van der Waals surface area (Å²) in [5.74, 6) is -0.747. The normalized spacial score (nSPS) is 16.0. The number of carbonyl (C=O) groups excluding carboxylic acids is 1. The zero-order valence-electron chi connectivity index (χ0n) is 13.0. The van der Waals surface area contributed by atoms with Gasteiger partial charge in [-0.05, 0) is 37.1 Å². The minimum atomic E-state index is -0.900. The molecule has 2 rings (SSSR count). The van der Waals surface area contributed by atoms with E-state index in [1.807, 2.05) is 6.92 Å². The fourth-order valence-corrected chi connectivity index (χ4v) is 3.43. The number of thioether (sulfide) groups is 1. The first-order chi connectivity index (χ1) is 11.4. The van der Waals surface area contributed by atoms with E-state index in [0.717, 1.165) is 0 Å². The number of aliphatic carboxylic acids is 1. The second-order valence-electron chi connectivity index (χ2n) is 4.99. The van der Waals surface area contributed by atoms with Crippen molar-refractivity contribution in [1.82, 2.24) is 4.90 Å². The average Bonchev–Trinajstić information content (AvgIpc) is 2.78. The van der Waals surface area contributed by atoms with Crippen LogP contribution in [0.5, 0.6) is 11.5 Å². The van der Waals surface area contributed by atoms with Crippen LogP contribution in [0.2, 0.25) is 0 Å². The highest BCUT2D eigenvalue weighted by Gasteiger charge is 2.31. The maximum absolute atomic E-state index is 12.4. The van der Waals surface area contributed by atoms with E-state index >= 15 is 0 Å². The molecule has 1 aliphatic heterocycles. The molecule has 1 fully saturated rings. The zero-order chi connectivity index (χ0) is 17.7. The number of ether oxygens (including phenoxy) is 1. The van der Waals surface area contributed by atoms with Gasteiger partial charge in [0.25, 0.3) is 5.91 Å². The smallest absolute Gasteiger partial charge is 0.303 e. The average molecular weight is 367 g/mol. The van der Waals surface area contributed by atoms with Gasteiger partial charge in [-0.3, -0.25) is 14.5 Å². The summed E-state index contributed by atoms with van der Waals surface area (Å²) in [5.41, 5.74) is 0.710. The van der Waals surface area contributed by atoms with E-state index in [1.54, 1.807) is 18.2 Å². The lowest BCUT2D eigenvalue weighted by Crippen LogP contribution is -2.29. The SMILES string of the molecule is CCOc1cc(/C=C2/SC(=S)N(CCCC(=O)O)C2=O)ccc1O. The van der Waals surface area contributed by atoms with Crippen LogP contribution in [0.3, 0.4) is 0 Å². The van der Waals surface area contributed by atoms with Crippen molar-refractivity contribution in [2.45, 2.75) is 19.8 Å². The molecule has 0 aliphatic carbocycles. The minimum Gasteiger partial charge on any atom is -0.504 e. The Morgan fingerprint density at radius 1 is 1.46 bits per heavy atom. The molecule has 1 saturated heterocycles. The van der Waals surface area contributed by atoms with Gasteiger partial charge in [0.05, 0.1) is 11.5 Å². The van der Waals surface area contributed by atoms with Gasteiger partial charge in [-0.25, -0.2) is 0 Å². The van der Waals surface area contributed by atoms with E-state index in [4.69, 9.17) is 22.1 Å². The number of phenols is 1. The lowest BCUT2D eigenvalue weighted by Gasteiger charge is -2.13. The Bertz CT molecular complexity index is 702. The molecule has 0 radical (unpaired) electrons. The van der Waals surface area contributed by atoms with Crippen LogP contribution >= 0.6 is 24.0 Å². The summed E-state index contributed by atoms with van der Waals surface area (Å²) in [7, 11) is 0. The van der Waals surface area contributed by atoms with Gasteiger partial charge in [0.1, 0.15) is 4.32 Å². The minimum absolute atomic E-state index is 0.00815. The number of hydrogen-bond acceptors (Lipinski definition) is 6. The maximum atomic E-state index is 12.4. The molecule has 24 heavy (non-hydrogen) atoms. The molecule has 6 nitrogen and oxygen atoms in total. The lowest BCUT2D eigenvalue weighted by atomic mass is 10.2. The Balaban J connectivity index is 2.13. The fraction of sp³-hybridized carbons (Fsp3) is 0.312. The van der Waals surface area contributed by atoms with E-state index in [2.05, 4.69) is 0 Å². The Morgan fingerprint density at radius 2 is 2.21 bits per heavy atom. The molecular weight excluding hydrogens is 350 g/mol. The van der Waals surface area contributed by atoms with Crippen molar-refractivity contribution in [3.05, 3.63) is 28.7 Å². The van der Waals surface area contributed by atoms with E-state index in [0.29, 0.717) is 33.6 Å². The molecule has 0 saturated carbocycles. The molecule has 1 aromatic carbocycles. The van der Waals surface area contributed by atoms with Gasteiger partial charge in [0.2, 0.25) is 0 Å². The highest BCUT2D eigenvalue weighted by Crippen LogP contribution is 2.34. The van der Waals surface area contributed by atoms with Crippen LogP contribution in [0.4, 0.5) is 0 Å². The highest BCUT2D eigenvalue weighted by atomic mass is 32.2. The number of carboxylic acid groups (broad SMARTS) is 1. The van der Waals surface area contributed by atoms with Crippen LogP contribution in [0.25, 0.3) is 6.08 Å². The van der Waals surface area contributed by atoms with Crippen LogP contribution in [-0.2, 0) is 9.59 Å². The Labute approximate surface area is 149 Å². The number of amides is 1. The molecule has 1 aliphatic rings. The van der Waals surface area contributed by atoms with Crippen molar-refractivity contribution in [3.8, 4) is 11.5 Å². The number of carboxylic acids is 1. The number of aromatic hydroxyl groups is 1. The third kappa shape index (κ3) is 4.48. The van der Waals surface area contributed by atoms with Gasteiger partial charge in [-0.1, -0.05) is 30.0 Å². The third-order valence-corrected chi connectivity index (χ3v) is 4.61. The molecule has 2 N–H and O–H groups in total. The molecule has 1 aromatic rings. The van der Waals surface area contributed by atoms with Crippen molar-refractivity contribution < 1.29 is 24.5 Å². The molecule has 0 unspecified atom stereocenters. The molecule has 1 heterocycles. The molecule has 128 valence electrons. The largest absolute Gasteiger partial charge is 0.504 e. The number of carbonyl (C=O) groups is 2. The van der Waals surface area contributed by atoms with E-state index in [1.165, 1.54) is 22.7 Å². The second-order valence-corrected chi connectivity index (χ2v) is 6.67. The van der Waals surface area contributed by atoms with Gasteiger partial charge in [0, 0.05) is 13.0 Å². The van der Waals surface area contributed by atoms with Crippen LogP contribution in [-0.4, -0.2) is 44.5 Å². The number of nitrogens with zero attached hydrogens (tertiary/aromatic N) is 1. The van der Waals surface area contributed by atoms with E-state index < -0.39 is 5.97 Å². The predicted octanol–water partition coefficient (Wildman–Crippen LogP) is 2.86. The molecule has 8 heteroatoms. The molecule has 1 amide bonds. The van der Waals surface area contributed by atoms with Crippen LogP contribution in [0.1, 0.15) is 25.3 Å². The van der Waals surface area contributed by atoms with Crippen LogP contribution < -0.4 is 4.74 Å². The first kappa shape index (κ1) is 18.3. The molecule has 0 bridgehead atoms. The van der Waals surface area contributed by atoms with Gasteiger partial charge in [-0.15, -0.1) is 0 Å². The maximum Gasteiger partial charge on any atom is 0.303 e. The fourth-order valence-electron chi connectivity index (χ4n) is 2.12. The topological polar surface area (TPSA) is 87.1 Å². The van der Waals surface area contributed by atoms with Crippen molar-refractivity contribution >= 4 is 46.3 Å². The van der Waals surface area contributed by atoms with Crippen molar-refractivity contribution in [3.63, 3.8) is 0 Å². The van der Waals surface area contributed by atoms with Gasteiger partial charge >= 0.3 is 5.97 Å². The molecule has 0 atom stereocenters. The van der Waals surface area contributed by atoms with E-state index in [9.17, 15) is 14.7 Å². The number of hydrogen-bond donors (Lipinski definition) is 2. The number of benzene rings is 1. The molecule has 0 spiro atoms. The van der Waals surface area contributed by atoms with Gasteiger partial charge < -0.3 is 14.9 Å². The summed E-state index contributed by atoms with van der Waals surface area (Å²) in [6.07, 6.45) is 2.02. The quantitative estimate of drug-likeness (QED) is 0.566. The zero-order valence-corrected chi connectivity index (χ0v) is 14.7. The highest BCUT2D eigenvalue weighted by molar-refractivity contribution is 8.26. The summed E-state index contributed by atoms with van der Waals surface area (Å²) in [5, 5.41) is 18.4. The predicted molar refractivity (Wildman–Crippen MR) is 96.0 cm³/mol. The summed E-state index contributed by atoms with van der Waals surface area (Å²) < 4.78 is 5.74. The Hall–Kier alpha value is -2.06. The number of phenolic OH excluding ortho intramolecular Hbond substituents is 1. The molecule has 0 aromatic heterocycles. The first-order valence-corrected chi connectivity index (χ1v) is 8.57. The summed E-state index contributed by atoms with van der Waals surface area (Å²) in [6, 6.07) is 4.83. The molecular formula is C16H17NO5S2. The lowest BCUT2D eigenvalue weighted by molar-refractivity contribution is -0.137. The van der Waals surface area contributed by atoms with Crippen LogP contribution in [0, 0.1) is 0 Å². The Morgan fingerprint density at radius 3 is 2.88 bits per heavy atom. The monoisotopic (exact) mass is 367 g/mol. The summed E-state index contributed by atoms with van der Waals surface area (Å²) >= 11 is 6.37. The first-order valence-electron chi connectivity index (χ1n) is 7.35. The van der Waals surface area contributed by atoms with Gasteiger partial charge in [0.15, 0.2) is 11.5 Å². The second kappa shape index (κ2) is 8.16. The number of thiocarbonyl (C=S) groups is 1. The van der Waals surface area contributed by atoms with Gasteiger partial charge in [-0.2, -0.15) is 0 Å². The summed E-state index contributed by atoms with van der Waals surface area (Å²) in [4.78, 5) is 24.8. The van der Waals surface area contributed by atoms with Crippen molar-refractivity contribution in [1.29, 1.82) is 0 Å². The number of rotatable bonds is 7. The Kier molecular flexibility index (Phi) is 6.22. The van der Waals surface area contributed by atoms with E-state index in [-0.39, 0.29) is 24.6 Å². The third-order valence-electron chi connectivity index (χ3n) is 3.23. The summed E-state index contributed by atoms with van der Waals surface area (Å²) in [6.45, 7) is 2.52. The standard InChI is InChI=1S/C16H17NO5S2/c1-2-22-12-8-10(5-6-11(12)18)9-13-15(21)17(16(23)24-13)7-3-4-14(19)20/h5-6,8-9,18H,2-4,7H2,1H3,(H,19,20)/b13-9+.